The van der Waals surface area contributed by atoms with Crippen molar-refractivity contribution in [3.63, 3.8) is 0 Å². The van der Waals surface area contributed by atoms with Crippen molar-refractivity contribution >= 4 is 23.1 Å². The Balaban J connectivity index is 1.29. The lowest BCUT2D eigenvalue weighted by Crippen LogP contribution is -1.96. The Morgan fingerprint density at radius 2 is 2.03 bits per heavy atom. The molecule has 3 heterocycles. The van der Waals surface area contributed by atoms with E-state index in [2.05, 4.69) is 26.5 Å². The van der Waals surface area contributed by atoms with Gasteiger partial charge in [-0.15, -0.1) is 31.7 Å². The van der Waals surface area contributed by atoms with Gasteiger partial charge in [0.15, 0.2) is 11.0 Å². The third-order valence-corrected chi connectivity index (χ3v) is 7.39. The van der Waals surface area contributed by atoms with E-state index in [0.29, 0.717) is 17.5 Å². The van der Waals surface area contributed by atoms with Crippen LogP contribution in [0.4, 0.5) is 0 Å². The Bertz CT molecular complexity index is 1160. The van der Waals surface area contributed by atoms with E-state index in [1.807, 2.05) is 35.9 Å². The highest BCUT2D eigenvalue weighted by molar-refractivity contribution is 7.98. The summed E-state index contributed by atoms with van der Waals surface area (Å²) in [5, 5.41) is 17.9. The topological polar surface area (TPSA) is 78.9 Å². The van der Waals surface area contributed by atoms with E-state index in [0.717, 1.165) is 33.6 Å². The molecular weight excluding hydrogens is 418 g/mol. The molecule has 0 atom stereocenters. The Labute approximate surface area is 182 Å². The molecule has 30 heavy (non-hydrogen) atoms. The van der Waals surface area contributed by atoms with E-state index < -0.39 is 0 Å². The molecule has 9 heteroatoms. The first-order valence-corrected chi connectivity index (χ1v) is 11.6. The van der Waals surface area contributed by atoms with Gasteiger partial charge in [-0.3, -0.25) is 0 Å². The van der Waals surface area contributed by atoms with Gasteiger partial charge in [-0.25, -0.2) is 0 Å². The van der Waals surface area contributed by atoms with Gasteiger partial charge in [0.1, 0.15) is 5.75 Å². The van der Waals surface area contributed by atoms with Gasteiger partial charge in [-0.1, -0.05) is 23.9 Å². The SMILES string of the molecule is COc1cccc(-c2nnc(SCc3nnc(-c4cc5c(s4)CCCC5)o3)n2C)c1. The third-order valence-electron chi connectivity index (χ3n) is 5.16. The molecule has 1 aromatic carbocycles. The molecule has 0 bridgehead atoms. The summed E-state index contributed by atoms with van der Waals surface area (Å²) in [4.78, 5) is 2.54. The largest absolute Gasteiger partial charge is 0.497 e. The number of rotatable bonds is 6. The summed E-state index contributed by atoms with van der Waals surface area (Å²) in [5.74, 6) is 3.32. The molecule has 0 fully saturated rings. The Morgan fingerprint density at radius 1 is 1.13 bits per heavy atom. The number of nitrogens with zero attached hydrogens (tertiary/aromatic N) is 5. The van der Waals surface area contributed by atoms with Crippen LogP contribution >= 0.6 is 23.1 Å². The number of thiophene rings is 1. The molecule has 0 unspecified atom stereocenters. The Morgan fingerprint density at radius 3 is 2.90 bits per heavy atom. The average molecular weight is 440 g/mol. The van der Waals surface area contributed by atoms with Gasteiger partial charge in [0, 0.05) is 17.5 Å². The van der Waals surface area contributed by atoms with Gasteiger partial charge in [0.05, 0.1) is 17.7 Å². The van der Waals surface area contributed by atoms with Crippen LogP contribution in [0.25, 0.3) is 22.2 Å². The van der Waals surface area contributed by atoms with Gasteiger partial charge >= 0.3 is 0 Å². The minimum atomic E-state index is 0.544. The van der Waals surface area contributed by atoms with Crippen molar-refractivity contribution in [3.8, 4) is 27.9 Å². The lowest BCUT2D eigenvalue weighted by molar-refractivity contribution is 0.415. The van der Waals surface area contributed by atoms with Crippen LogP contribution < -0.4 is 4.74 Å². The fourth-order valence-corrected chi connectivity index (χ4v) is 5.51. The average Bonchev–Trinajstić information content (AvgIpc) is 3.50. The number of hydrogen-bond acceptors (Lipinski definition) is 8. The van der Waals surface area contributed by atoms with Crippen molar-refractivity contribution in [1.29, 1.82) is 0 Å². The van der Waals surface area contributed by atoms with E-state index in [9.17, 15) is 0 Å². The van der Waals surface area contributed by atoms with Crippen LogP contribution in [-0.4, -0.2) is 32.1 Å². The molecule has 0 aliphatic heterocycles. The number of methoxy groups -OCH3 is 1. The van der Waals surface area contributed by atoms with E-state index in [-0.39, 0.29) is 0 Å². The lowest BCUT2D eigenvalue weighted by Gasteiger charge is -2.08. The minimum absolute atomic E-state index is 0.544. The van der Waals surface area contributed by atoms with Crippen molar-refractivity contribution in [1.82, 2.24) is 25.0 Å². The molecule has 3 aromatic heterocycles. The molecule has 0 saturated carbocycles. The predicted molar refractivity (Wildman–Crippen MR) is 117 cm³/mol. The summed E-state index contributed by atoms with van der Waals surface area (Å²) in [7, 11) is 3.60. The quantitative estimate of drug-likeness (QED) is 0.400. The van der Waals surface area contributed by atoms with E-state index in [1.54, 1.807) is 18.4 Å². The standard InChI is InChI=1S/C21H21N5O2S2/c1-26-19(14-7-5-8-15(10-14)27-2)23-25-21(26)29-12-18-22-24-20(28-18)17-11-13-6-3-4-9-16(13)30-17/h5,7-8,10-11H,3-4,6,9,12H2,1-2H3. The fourth-order valence-electron chi connectivity index (χ4n) is 3.59. The van der Waals surface area contributed by atoms with Crippen molar-refractivity contribution < 1.29 is 9.15 Å². The smallest absolute Gasteiger partial charge is 0.257 e. The highest BCUT2D eigenvalue weighted by Crippen LogP contribution is 2.35. The molecule has 0 N–H and O–H groups in total. The number of aromatic nitrogens is 5. The number of fused-ring (bicyclic) bond motifs is 1. The van der Waals surface area contributed by atoms with Crippen molar-refractivity contribution in [2.45, 2.75) is 36.6 Å². The maximum atomic E-state index is 5.92. The highest BCUT2D eigenvalue weighted by atomic mass is 32.2. The summed E-state index contributed by atoms with van der Waals surface area (Å²) in [6.45, 7) is 0. The van der Waals surface area contributed by atoms with E-state index >= 15 is 0 Å². The fraction of sp³-hybridized carbons (Fsp3) is 0.333. The van der Waals surface area contributed by atoms with Crippen LogP contribution in [0.1, 0.15) is 29.2 Å². The molecule has 0 saturated heterocycles. The Hall–Kier alpha value is -2.65. The number of ether oxygens (including phenoxy) is 1. The number of hydrogen-bond donors (Lipinski definition) is 0. The van der Waals surface area contributed by atoms with Gasteiger partial charge in [0.2, 0.25) is 5.89 Å². The Kier molecular flexibility index (Phi) is 5.30. The second kappa shape index (κ2) is 8.23. The summed E-state index contributed by atoms with van der Waals surface area (Å²) < 4.78 is 13.2. The summed E-state index contributed by atoms with van der Waals surface area (Å²) in [6, 6.07) is 10.0. The molecule has 154 valence electrons. The first-order chi connectivity index (χ1) is 14.7. The van der Waals surface area contributed by atoms with Crippen molar-refractivity contribution in [3.05, 3.63) is 46.7 Å². The molecule has 0 spiro atoms. The maximum absolute atomic E-state index is 5.92. The second-order valence-corrected chi connectivity index (χ2v) is 9.23. The van der Waals surface area contributed by atoms with E-state index in [1.165, 1.54) is 41.5 Å². The van der Waals surface area contributed by atoms with Crippen LogP contribution in [0.2, 0.25) is 0 Å². The van der Waals surface area contributed by atoms with E-state index in [4.69, 9.17) is 9.15 Å². The van der Waals surface area contributed by atoms with Crippen molar-refractivity contribution in [2.24, 2.45) is 7.05 Å². The zero-order valence-corrected chi connectivity index (χ0v) is 18.4. The molecule has 1 aliphatic carbocycles. The molecule has 4 aromatic rings. The minimum Gasteiger partial charge on any atom is -0.497 e. The molecule has 5 rings (SSSR count). The zero-order chi connectivity index (χ0) is 20.5. The maximum Gasteiger partial charge on any atom is 0.257 e. The number of aryl methyl sites for hydroxylation is 2. The summed E-state index contributed by atoms with van der Waals surface area (Å²) in [6.07, 6.45) is 4.86. The van der Waals surface area contributed by atoms with Crippen LogP contribution in [-0.2, 0) is 25.6 Å². The zero-order valence-electron chi connectivity index (χ0n) is 16.8. The predicted octanol–water partition coefficient (Wildman–Crippen LogP) is 4.77. The monoisotopic (exact) mass is 439 g/mol. The lowest BCUT2D eigenvalue weighted by atomic mass is 9.99. The summed E-state index contributed by atoms with van der Waals surface area (Å²) >= 11 is 3.31. The second-order valence-electron chi connectivity index (χ2n) is 7.15. The van der Waals surface area contributed by atoms with Crippen LogP contribution in [0, 0.1) is 0 Å². The molecule has 0 amide bonds. The first-order valence-electron chi connectivity index (χ1n) is 9.82. The van der Waals surface area contributed by atoms with Crippen LogP contribution in [0.5, 0.6) is 5.75 Å². The molecule has 0 radical (unpaired) electrons. The molecule has 7 nitrogen and oxygen atoms in total. The molecule has 1 aliphatic rings. The summed E-state index contributed by atoms with van der Waals surface area (Å²) in [5.41, 5.74) is 2.40. The highest BCUT2D eigenvalue weighted by Gasteiger charge is 2.18. The number of benzene rings is 1. The van der Waals surface area contributed by atoms with Crippen LogP contribution in [0.3, 0.4) is 0 Å². The van der Waals surface area contributed by atoms with Gasteiger partial charge < -0.3 is 13.7 Å². The normalized spacial score (nSPS) is 13.4. The van der Waals surface area contributed by atoms with Gasteiger partial charge in [-0.05, 0) is 49.4 Å². The van der Waals surface area contributed by atoms with Crippen LogP contribution in [0.15, 0.2) is 39.9 Å². The number of thioether (sulfide) groups is 1. The molecular formula is C21H21N5O2S2. The van der Waals surface area contributed by atoms with Crippen molar-refractivity contribution in [2.75, 3.05) is 7.11 Å². The first kappa shape index (κ1) is 19.3. The van der Waals surface area contributed by atoms with Gasteiger partial charge in [0.25, 0.3) is 5.89 Å². The van der Waals surface area contributed by atoms with Gasteiger partial charge in [-0.2, -0.15) is 0 Å². The third kappa shape index (κ3) is 3.75.